The minimum atomic E-state index is 1.10. The molecule has 0 N–H and O–H groups in total. The molecule has 1 aromatic carbocycles. The zero-order valence-electron chi connectivity index (χ0n) is 12.0. The van der Waals surface area contributed by atoms with Gasteiger partial charge in [-0.2, -0.15) is 0 Å². The molecule has 0 bridgehead atoms. The lowest BCUT2D eigenvalue weighted by Crippen LogP contribution is -2.30. The summed E-state index contributed by atoms with van der Waals surface area (Å²) in [5.41, 5.74) is 4.66. The van der Waals surface area contributed by atoms with Crippen LogP contribution in [0.2, 0.25) is 0 Å². The van der Waals surface area contributed by atoms with Crippen molar-refractivity contribution in [2.75, 3.05) is 19.0 Å². The number of hydrogen-bond donors (Lipinski definition) is 0. The highest BCUT2D eigenvalue weighted by atomic mass is 15.3. The Morgan fingerprint density at radius 1 is 1.05 bits per heavy atom. The third-order valence-corrected chi connectivity index (χ3v) is 3.02. The predicted octanol–water partition coefficient (Wildman–Crippen LogP) is 2.54. The van der Waals surface area contributed by atoms with Gasteiger partial charge in [-0.25, -0.2) is 0 Å². The van der Waals surface area contributed by atoms with Crippen molar-refractivity contribution in [1.29, 1.82) is 0 Å². The van der Waals surface area contributed by atoms with Gasteiger partial charge in [-0.15, -0.1) is 0 Å². The first kappa shape index (κ1) is 13.3. The third-order valence-electron chi connectivity index (χ3n) is 3.02. The molecule has 98 valence electrons. The highest BCUT2D eigenvalue weighted by molar-refractivity contribution is 5.79. The molecule has 0 unspecified atom stereocenters. The average molecular weight is 254 g/mol. The molecule has 0 saturated heterocycles. The Kier molecular flexibility index (Phi) is 3.95. The fourth-order valence-electron chi connectivity index (χ4n) is 1.87. The maximum atomic E-state index is 4.47. The Labute approximate surface area is 114 Å². The minimum Gasteiger partial charge on any atom is -0.378 e. The summed E-state index contributed by atoms with van der Waals surface area (Å²) in [6.07, 6.45) is 3.86. The van der Waals surface area contributed by atoms with E-state index in [0.29, 0.717) is 0 Å². The normalized spacial score (nSPS) is 10.9. The van der Waals surface area contributed by atoms with E-state index in [1.807, 2.05) is 31.2 Å². The third kappa shape index (κ3) is 3.41. The van der Waals surface area contributed by atoms with Crippen LogP contribution in [0.25, 0.3) is 0 Å². The van der Waals surface area contributed by atoms with Crippen LogP contribution in [0, 0.1) is 13.8 Å². The van der Waals surface area contributed by atoms with Gasteiger partial charge < -0.3 is 4.90 Å². The largest absolute Gasteiger partial charge is 0.378 e. The van der Waals surface area contributed by atoms with E-state index in [1.165, 1.54) is 11.3 Å². The number of hydrogen-bond acceptors (Lipinski definition) is 2. The summed E-state index contributed by atoms with van der Waals surface area (Å²) >= 11 is 0. The van der Waals surface area contributed by atoms with Gasteiger partial charge >= 0.3 is 0 Å². The average Bonchev–Trinajstić information content (AvgIpc) is 2.38. The summed E-state index contributed by atoms with van der Waals surface area (Å²) in [7, 11) is 4.07. The first-order valence-corrected chi connectivity index (χ1v) is 6.37. The summed E-state index contributed by atoms with van der Waals surface area (Å²) in [5, 5.41) is 4.47. The molecule has 0 aliphatic heterocycles. The quantitative estimate of drug-likeness (QED) is 0.608. The van der Waals surface area contributed by atoms with E-state index in [0.717, 1.165) is 11.3 Å². The molecule has 0 fully saturated rings. The number of pyridine rings is 1. The van der Waals surface area contributed by atoms with E-state index in [-0.39, 0.29) is 0 Å². The molecule has 3 nitrogen and oxygen atoms in total. The summed E-state index contributed by atoms with van der Waals surface area (Å²) in [6.45, 7) is 4.14. The fraction of sp³-hybridized carbons (Fsp3) is 0.250. The summed E-state index contributed by atoms with van der Waals surface area (Å²) in [5.74, 6) is 0. The van der Waals surface area contributed by atoms with Gasteiger partial charge in [0.15, 0.2) is 0 Å². The number of rotatable bonds is 3. The maximum Gasteiger partial charge on any atom is 0.211 e. The van der Waals surface area contributed by atoms with E-state index in [9.17, 15) is 0 Å². The second kappa shape index (κ2) is 5.65. The van der Waals surface area contributed by atoms with Crippen molar-refractivity contribution in [1.82, 2.24) is 0 Å². The molecule has 0 saturated carbocycles. The predicted molar refractivity (Wildman–Crippen MR) is 79.9 cm³/mol. The highest BCUT2D eigenvalue weighted by Gasteiger charge is 2.03. The molecular formula is C16H20N3+. The van der Waals surface area contributed by atoms with E-state index < -0.39 is 0 Å². The number of aryl methyl sites for hydroxylation is 2. The van der Waals surface area contributed by atoms with Crippen molar-refractivity contribution in [3.8, 4) is 0 Å². The summed E-state index contributed by atoms with van der Waals surface area (Å²) < 4.78 is 1.88. The molecule has 2 rings (SSSR count). The zero-order valence-corrected chi connectivity index (χ0v) is 12.0. The minimum absolute atomic E-state index is 1.10. The van der Waals surface area contributed by atoms with Gasteiger partial charge in [0.25, 0.3) is 0 Å². The molecule has 3 heteroatoms. The van der Waals surface area contributed by atoms with Gasteiger partial charge in [0, 0.05) is 38.8 Å². The van der Waals surface area contributed by atoms with E-state index >= 15 is 0 Å². The van der Waals surface area contributed by atoms with E-state index in [1.54, 1.807) is 0 Å². The molecule has 0 spiro atoms. The second-order valence-electron chi connectivity index (χ2n) is 4.92. The number of benzene rings is 1. The molecule has 0 radical (unpaired) electrons. The first-order chi connectivity index (χ1) is 9.06. The Hall–Kier alpha value is -2.16. The molecule has 0 aliphatic rings. The van der Waals surface area contributed by atoms with Gasteiger partial charge in [0.05, 0.1) is 0 Å². The molecule has 0 amide bonds. The van der Waals surface area contributed by atoms with Crippen LogP contribution in [0.1, 0.15) is 16.8 Å². The van der Waals surface area contributed by atoms with Crippen LogP contribution in [-0.2, 0) is 0 Å². The molecule has 1 heterocycles. The highest BCUT2D eigenvalue weighted by Crippen LogP contribution is 2.10. The van der Waals surface area contributed by atoms with Crippen LogP contribution in [-0.4, -0.2) is 20.3 Å². The topological polar surface area (TPSA) is 19.5 Å². The standard InChI is InChI=1S/C16H20N3/c1-13-9-10-19(14(2)11-13)17-12-15-5-7-16(8-6-15)18(3)4/h5-12H,1-4H3/q+1/b17-12+. The lowest BCUT2D eigenvalue weighted by Gasteiger charge is -2.11. The molecule has 2 aromatic rings. The van der Waals surface area contributed by atoms with Gasteiger partial charge in [0.1, 0.15) is 6.21 Å². The lowest BCUT2D eigenvalue weighted by atomic mass is 10.2. The molecule has 1 aromatic heterocycles. The number of nitrogens with zero attached hydrogens (tertiary/aromatic N) is 3. The van der Waals surface area contributed by atoms with Crippen LogP contribution in [0.5, 0.6) is 0 Å². The van der Waals surface area contributed by atoms with Crippen molar-refractivity contribution < 1.29 is 4.68 Å². The van der Waals surface area contributed by atoms with Crippen molar-refractivity contribution in [3.05, 3.63) is 59.4 Å². The SMILES string of the molecule is Cc1cc[n+](/N=C/c2ccc(N(C)C)cc2)c(C)c1. The lowest BCUT2D eigenvalue weighted by molar-refractivity contribution is -0.684. The smallest absolute Gasteiger partial charge is 0.211 e. The first-order valence-electron chi connectivity index (χ1n) is 6.37. The molecule has 19 heavy (non-hydrogen) atoms. The van der Waals surface area contributed by atoms with Crippen molar-refractivity contribution in [2.45, 2.75) is 13.8 Å². The van der Waals surface area contributed by atoms with Crippen LogP contribution in [0.15, 0.2) is 47.7 Å². The number of anilines is 1. The zero-order chi connectivity index (χ0) is 13.8. The maximum absolute atomic E-state index is 4.47. The molecule has 0 aliphatic carbocycles. The van der Waals surface area contributed by atoms with Gasteiger partial charge in [0.2, 0.25) is 11.9 Å². The van der Waals surface area contributed by atoms with Crippen LogP contribution in [0.3, 0.4) is 0 Å². The molecular weight excluding hydrogens is 234 g/mol. The Bertz CT molecular complexity index is 583. The van der Waals surface area contributed by atoms with E-state index in [2.05, 4.69) is 60.2 Å². The van der Waals surface area contributed by atoms with Crippen LogP contribution >= 0.6 is 0 Å². The second-order valence-corrected chi connectivity index (χ2v) is 4.92. The van der Waals surface area contributed by atoms with Crippen LogP contribution in [0.4, 0.5) is 5.69 Å². The van der Waals surface area contributed by atoms with Crippen LogP contribution < -0.4 is 9.58 Å². The van der Waals surface area contributed by atoms with Gasteiger partial charge in [-0.1, -0.05) is 16.8 Å². The van der Waals surface area contributed by atoms with Gasteiger partial charge in [-0.3, -0.25) is 0 Å². The van der Waals surface area contributed by atoms with Crippen molar-refractivity contribution >= 4 is 11.9 Å². The van der Waals surface area contributed by atoms with E-state index in [4.69, 9.17) is 0 Å². The Morgan fingerprint density at radius 2 is 1.74 bits per heavy atom. The Morgan fingerprint density at radius 3 is 2.32 bits per heavy atom. The van der Waals surface area contributed by atoms with Gasteiger partial charge in [-0.05, 0) is 35.3 Å². The van der Waals surface area contributed by atoms with Crippen molar-refractivity contribution in [2.24, 2.45) is 5.10 Å². The monoisotopic (exact) mass is 254 g/mol. The fourth-order valence-corrected chi connectivity index (χ4v) is 1.87. The Balaban J connectivity index is 2.18. The summed E-state index contributed by atoms with van der Waals surface area (Å²) in [6, 6.07) is 12.5. The summed E-state index contributed by atoms with van der Waals surface area (Å²) in [4.78, 5) is 2.08. The number of aromatic nitrogens is 1. The van der Waals surface area contributed by atoms with Crippen molar-refractivity contribution in [3.63, 3.8) is 0 Å². The molecule has 0 atom stereocenters.